The van der Waals surface area contributed by atoms with E-state index in [4.69, 9.17) is 24.3 Å². The van der Waals surface area contributed by atoms with Crippen LogP contribution in [0.5, 0.6) is 0 Å². The Hall–Kier alpha value is -1.76. The standard InChI is InChI=1S/C18H23N3O3/c1-2-4-15(5-3-1)18-19-17(14-6-8-22-9-7-14)20-21(18)12-16-13-23-10-11-24-16/h1-5,14,16H,6-13H2/t16-/m0/s1. The lowest BCUT2D eigenvalue weighted by Gasteiger charge is -2.23. The summed E-state index contributed by atoms with van der Waals surface area (Å²) in [7, 11) is 0. The maximum atomic E-state index is 5.79. The van der Waals surface area contributed by atoms with E-state index in [0.29, 0.717) is 32.3 Å². The molecule has 2 fully saturated rings. The Labute approximate surface area is 141 Å². The topological polar surface area (TPSA) is 58.4 Å². The number of hydrogen-bond acceptors (Lipinski definition) is 5. The molecule has 6 nitrogen and oxygen atoms in total. The van der Waals surface area contributed by atoms with Gasteiger partial charge in [0, 0.05) is 24.7 Å². The van der Waals surface area contributed by atoms with E-state index in [1.54, 1.807) is 0 Å². The van der Waals surface area contributed by atoms with Gasteiger partial charge in [-0.25, -0.2) is 9.67 Å². The molecule has 2 aromatic rings. The van der Waals surface area contributed by atoms with Gasteiger partial charge in [-0.05, 0) is 12.8 Å². The van der Waals surface area contributed by atoms with E-state index in [1.165, 1.54) is 0 Å². The van der Waals surface area contributed by atoms with Crippen LogP contribution in [0, 0.1) is 0 Å². The maximum absolute atomic E-state index is 5.79. The maximum Gasteiger partial charge on any atom is 0.158 e. The Bertz CT molecular complexity index is 647. The lowest BCUT2D eigenvalue weighted by atomic mass is 10.00. The molecule has 0 unspecified atom stereocenters. The van der Waals surface area contributed by atoms with Crippen molar-refractivity contribution in [3.8, 4) is 11.4 Å². The van der Waals surface area contributed by atoms with Gasteiger partial charge in [0.1, 0.15) is 6.10 Å². The lowest BCUT2D eigenvalue weighted by Crippen LogP contribution is -2.32. The van der Waals surface area contributed by atoms with Crippen LogP contribution < -0.4 is 0 Å². The molecule has 0 bridgehead atoms. The van der Waals surface area contributed by atoms with Crippen molar-refractivity contribution in [2.45, 2.75) is 31.4 Å². The summed E-state index contributed by atoms with van der Waals surface area (Å²) in [5.74, 6) is 2.21. The Balaban J connectivity index is 1.62. The van der Waals surface area contributed by atoms with E-state index in [2.05, 4.69) is 12.1 Å². The molecular weight excluding hydrogens is 306 g/mol. The molecule has 2 aliphatic heterocycles. The molecule has 0 radical (unpaired) electrons. The van der Waals surface area contributed by atoms with Crippen LogP contribution in [0.25, 0.3) is 11.4 Å². The first-order chi connectivity index (χ1) is 11.9. The Morgan fingerprint density at radius 2 is 1.83 bits per heavy atom. The fourth-order valence-electron chi connectivity index (χ4n) is 3.25. The number of aromatic nitrogens is 3. The minimum absolute atomic E-state index is 0.0328. The summed E-state index contributed by atoms with van der Waals surface area (Å²) >= 11 is 0. The molecule has 0 saturated carbocycles. The SMILES string of the molecule is c1ccc(-c2nc(C3CCOCC3)nn2C[C@H]2COCCO2)cc1. The molecule has 3 heterocycles. The molecule has 1 aromatic carbocycles. The largest absolute Gasteiger partial charge is 0.381 e. The summed E-state index contributed by atoms with van der Waals surface area (Å²) in [6.07, 6.45) is 2.01. The van der Waals surface area contributed by atoms with Crippen molar-refractivity contribution in [2.75, 3.05) is 33.0 Å². The zero-order chi connectivity index (χ0) is 16.2. The van der Waals surface area contributed by atoms with Crippen LogP contribution >= 0.6 is 0 Å². The van der Waals surface area contributed by atoms with Gasteiger partial charge in [-0.1, -0.05) is 30.3 Å². The highest BCUT2D eigenvalue weighted by Crippen LogP contribution is 2.27. The van der Waals surface area contributed by atoms with E-state index in [-0.39, 0.29) is 6.10 Å². The van der Waals surface area contributed by atoms with Crippen LogP contribution in [0.4, 0.5) is 0 Å². The summed E-state index contributed by atoms with van der Waals surface area (Å²) < 4.78 is 18.8. The van der Waals surface area contributed by atoms with Gasteiger partial charge in [0.25, 0.3) is 0 Å². The smallest absolute Gasteiger partial charge is 0.158 e. The van der Waals surface area contributed by atoms with Crippen LogP contribution in [0.3, 0.4) is 0 Å². The zero-order valence-corrected chi connectivity index (χ0v) is 13.8. The van der Waals surface area contributed by atoms with Gasteiger partial charge < -0.3 is 14.2 Å². The molecule has 0 spiro atoms. The highest BCUT2D eigenvalue weighted by molar-refractivity contribution is 5.54. The monoisotopic (exact) mass is 329 g/mol. The van der Waals surface area contributed by atoms with Crippen LogP contribution in [-0.2, 0) is 20.8 Å². The molecule has 1 atom stereocenters. The summed E-state index contributed by atoms with van der Waals surface area (Å²) in [5.41, 5.74) is 1.08. The summed E-state index contributed by atoms with van der Waals surface area (Å²) in [5, 5.41) is 4.82. The molecule has 0 amide bonds. The molecule has 2 aliphatic rings. The number of rotatable bonds is 4. The molecule has 6 heteroatoms. The van der Waals surface area contributed by atoms with E-state index < -0.39 is 0 Å². The first-order valence-electron chi connectivity index (χ1n) is 8.67. The summed E-state index contributed by atoms with van der Waals surface area (Å²) in [6.45, 7) is 4.18. The zero-order valence-electron chi connectivity index (χ0n) is 13.8. The first-order valence-corrected chi connectivity index (χ1v) is 8.67. The Morgan fingerprint density at radius 1 is 1.00 bits per heavy atom. The Kier molecular flexibility index (Phi) is 4.87. The predicted octanol–water partition coefficient (Wildman–Crippen LogP) is 2.25. The van der Waals surface area contributed by atoms with Gasteiger partial charge >= 0.3 is 0 Å². The van der Waals surface area contributed by atoms with Gasteiger partial charge in [0.05, 0.1) is 26.4 Å². The molecule has 24 heavy (non-hydrogen) atoms. The van der Waals surface area contributed by atoms with Crippen molar-refractivity contribution in [3.05, 3.63) is 36.2 Å². The van der Waals surface area contributed by atoms with Crippen LogP contribution in [0.15, 0.2) is 30.3 Å². The molecule has 128 valence electrons. The van der Waals surface area contributed by atoms with Gasteiger partial charge in [-0.15, -0.1) is 0 Å². The van der Waals surface area contributed by atoms with Gasteiger partial charge in [-0.2, -0.15) is 5.10 Å². The fraction of sp³-hybridized carbons (Fsp3) is 0.556. The van der Waals surface area contributed by atoms with Crippen molar-refractivity contribution >= 4 is 0 Å². The number of benzene rings is 1. The van der Waals surface area contributed by atoms with Gasteiger partial charge in [0.15, 0.2) is 11.6 Å². The second kappa shape index (κ2) is 7.42. The summed E-state index contributed by atoms with van der Waals surface area (Å²) in [6, 6.07) is 10.2. The minimum Gasteiger partial charge on any atom is -0.381 e. The quantitative estimate of drug-likeness (QED) is 0.861. The van der Waals surface area contributed by atoms with E-state index in [0.717, 1.165) is 43.3 Å². The molecule has 0 N–H and O–H groups in total. The molecule has 0 aliphatic carbocycles. The molecule has 1 aromatic heterocycles. The second-order valence-corrected chi connectivity index (χ2v) is 6.30. The normalized spacial score (nSPS) is 22.6. The van der Waals surface area contributed by atoms with Crippen molar-refractivity contribution in [1.82, 2.24) is 14.8 Å². The summed E-state index contributed by atoms with van der Waals surface area (Å²) in [4.78, 5) is 4.87. The predicted molar refractivity (Wildman–Crippen MR) is 88.8 cm³/mol. The number of hydrogen-bond donors (Lipinski definition) is 0. The highest BCUT2D eigenvalue weighted by Gasteiger charge is 2.24. The van der Waals surface area contributed by atoms with Crippen molar-refractivity contribution < 1.29 is 14.2 Å². The first kappa shape index (κ1) is 15.7. The van der Waals surface area contributed by atoms with Crippen molar-refractivity contribution in [3.63, 3.8) is 0 Å². The van der Waals surface area contributed by atoms with E-state index in [9.17, 15) is 0 Å². The van der Waals surface area contributed by atoms with Crippen molar-refractivity contribution in [1.29, 1.82) is 0 Å². The van der Waals surface area contributed by atoms with Crippen molar-refractivity contribution in [2.24, 2.45) is 0 Å². The van der Waals surface area contributed by atoms with Crippen LogP contribution in [0.2, 0.25) is 0 Å². The third-order valence-electron chi connectivity index (χ3n) is 4.57. The fourth-order valence-corrected chi connectivity index (χ4v) is 3.25. The number of ether oxygens (including phenoxy) is 3. The lowest BCUT2D eigenvalue weighted by molar-refractivity contribution is -0.0945. The van der Waals surface area contributed by atoms with Gasteiger partial charge in [-0.3, -0.25) is 0 Å². The average Bonchev–Trinajstić information content (AvgIpc) is 3.08. The van der Waals surface area contributed by atoms with Gasteiger partial charge in [0.2, 0.25) is 0 Å². The molecular formula is C18H23N3O3. The van der Waals surface area contributed by atoms with Crippen LogP contribution in [-0.4, -0.2) is 53.9 Å². The van der Waals surface area contributed by atoms with E-state index >= 15 is 0 Å². The third-order valence-corrected chi connectivity index (χ3v) is 4.57. The number of nitrogens with zero attached hydrogens (tertiary/aromatic N) is 3. The average molecular weight is 329 g/mol. The second-order valence-electron chi connectivity index (χ2n) is 6.30. The highest BCUT2D eigenvalue weighted by atomic mass is 16.6. The third kappa shape index (κ3) is 3.50. The molecule has 2 saturated heterocycles. The Morgan fingerprint density at radius 3 is 2.58 bits per heavy atom. The minimum atomic E-state index is 0.0328. The van der Waals surface area contributed by atoms with E-state index in [1.807, 2.05) is 22.9 Å². The molecule has 4 rings (SSSR count). The van der Waals surface area contributed by atoms with Crippen LogP contribution in [0.1, 0.15) is 24.6 Å².